The Labute approximate surface area is 124 Å². The predicted molar refractivity (Wildman–Crippen MR) is 86.0 cm³/mol. The number of H-pyrrole nitrogens is 1. The Bertz CT molecular complexity index is 565. The van der Waals surface area contributed by atoms with Crippen molar-refractivity contribution in [2.24, 2.45) is 0 Å². The Kier molecular flexibility index (Phi) is 5.62. The second-order valence-corrected chi connectivity index (χ2v) is 21.1. The molecule has 0 aliphatic carbocycles. The Balaban J connectivity index is 0.000000246. The Hall–Kier alpha value is -1.04. The minimum atomic E-state index is -1.93. The molecule has 0 bridgehead atoms. The molecule has 0 aliphatic heterocycles. The topological polar surface area (TPSA) is 55.0 Å². The minimum absolute atomic E-state index is 0.318. The molecule has 2 heterocycles. The van der Waals surface area contributed by atoms with Gasteiger partial charge in [0.05, 0.1) is 0 Å². The quantitative estimate of drug-likeness (QED) is 0.641. The summed E-state index contributed by atoms with van der Waals surface area (Å²) in [6.07, 6.45) is 3.98. The van der Waals surface area contributed by atoms with Gasteiger partial charge in [-0.1, -0.05) is 0 Å². The van der Waals surface area contributed by atoms with E-state index < -0.39 is 18.4 Å². The van der Waals surface area contributed by atoms with Crippen LogP contribution in [0.25, 0.3) is 11.0 Å². The van der Waals surface area contributed by atoms with Crippen LogP contribution in [-0.2, 0) is 9.53 Å². The molecule has 0 aromatic carbocycles. The van der Waals surface area contributed by atoms with Gasteiger partial charge < -0.3 is 4.74 Å². The molecule has 0 unspecified atom stereocenters. The van der Waals surface area contributed by atoms with E-state index in [4.69, 9.17) is 0 Å². The number of hydrogen-bond acceptors (Lipinski definition) is 3. The summed E-state index contributed by atoms with van der Waals surface area (Å²) in [5, 5.41) is 1.32. The molecular weight excluding hydrogens is 359 g/mol. The van der Waals surface area contributed by atoms with Crippen LogP contribution in [-0.4, -0.2) is 40.4 Å². The normalized spacial score (nSPS) is 11.7. The molecule has 4 nitrogen and oxygen atoms in total. The van der Waals surface area contributed by atoms with Crippen LogP contribution < -0.4 is 3.58 Å². The first-order valence-electron chi connectivity index (χ1n) is 6.69. The van der Waals surface area contributed by atoms with Gasteiger partial charge in [0.15, 0.2) is 0 Å². The average Bonchev–Trinajstić information content (AvgIpc) is 2.71. The van der Waals surface area contributed by atoms with Crippen LogP contribution in [0.4, 0.5) is 0 Å². The van der Waals surface area contributed by atoms with Crippen molar-refractivity contribution in [2.75, 3.05) is 0 Å². The van der Waals surface area contributed by atoms with Crippen LogP contribution in [0.2, 0.25) is 14.8 Å². The summed E-state index contributed by atoms with van der Waals surface area (Å²) in [6, 6.07) is 4.17. The molecule has 0 aliphatic rings. The second-order valence-electron chi connectivity index (χ2n) is 6.68. The van der Waals surface area contributed by atoms with Crippen molar-refractivity contribution in [3.05, 3.63) is 24.5 Å². The van der Waals surface area contributed by atoms with E-state index in [0.717, 1.165) is 5.65 Å². The molecule has 20 heavy (non-hydrogen) atoms. The van der Waals surface area contributed by atoms with E-state index in [0.29, 0.717) is 6.47 Å². The first-order chi connectivity index (χ1) is 9.15. The third-order valence-corrected chi connectivity index (χ3v) is 8.45. The zero-order chi connectivity index (χ0) is 15.4. The van der Waals surface area contributed by atoms with Crippen LogP contribution in [0.3, 0.4) is 0 Å². The van der Waals surface area contributed by atoms with Gasteiger partial charge in [-0.3, -0.25) is 4.79 Å². The average molecular weight is 383 g/mol. The van der Waals surface area contributed by atoms with Crippen LogP contribution in [0.5, 0.6) is 0 Å². The number of ether oxygens (including phenoxy) is 1. The maximum absolute atomic E-state index is 9.60. The number of nitrogens with one attached hydrogen (secondary N) is 1. The van der Waals surface area contributed by atoms with Crippen LogP contribution in [0, 0.1) is 0 Å². The summed E-state index contributed by atoms with van der Waals surface area (Å²) in [5.41, 5.74) is 0.714. The van der Waals surface area contributed by atoms with Crippen molar-refractivity contribution in [1.29, 1.82) is 0 Å². The number of aromatic nitrogens is 2. The monoisotopic (exact) mass is 384 g/mol. The zero-order valence-corrected chi connectivity index (χ0v) is 16.0. The molecule has 0 fully saturated rings. The van der Waals surface area contributed by atoms with E-state index >= 15 is 0 Å². The fourth-order valence-corrected chi connectivity index (χ4v) is 6.04. The molecule has 2 aromatic heterocycles. The first-order valence-corrected chi connectivity index (χ1v) is 16.7. The Morgan fingerprint density at radius 1 is 1.30 bits per heavy atom. The summed E-state index contributed by atoms with van der Waals surface area (Å²) in [7, 11) is 0. The fourth-order valence-electron chi connectivity index (χ4n) is 1.72. The first kappa shape index (κ1) is 17.0. The van der Waals surface area contributed by atoms with Gasteiger partial charge in [0.1, 0.15) is 5.60 Å². The van der Waals surface area contributed by atoms with Gasteiger partial charge in [-0.15, -0.1) is 0 Å². The Morgan fingerprint density at radius 2 is 1.95 bits per heavy atom. The van der Waals surface area contributed by atoms with Gasteiger partial charge in [0.2, 0.25) is 0 Å². The summed E-state index contributed by atoms with van der Waals surface area (Å²) < 4.78 is 6.09. The number of rotatable bonds is 2. The van der Waals surface area contributed by atoms with Gasteiger partial charge in [-0.2, -0.15) is 0 Å². The van der Waals surface area contributed by atoms with Crippen molar-refractivity contribution < 1.29 is 9.53 Å². The van der Waals surface area contributed by atoms with Crippen LogP contribution >= 0.6 is 0 Å². The van der Waals surface area contributed by atoms with E-state index in [-0.39, 0.29) is 5.60 Å². The molecule has 0 amide bonds. The molecule has 0 atom stereocenters. The molecule has 5 heteroatoms. The van der Waals surface area contributed by atoms with E-state index in [2.05, 4.69) is 41.8 Å². The van der Waals surface area contributed by atoms with Crippen LogP contribution in [0.15, 0.2) is 24.5 Å². The van der Waals surface area contributed by atoms with E-state index in [1.54, 1.807) is 0 Å². The molecule has 0 spiro atoms. The number of pyridine rings is 1. The third-order valence-electron chi connectivity index (χ3n) is 2.66. The fraction of sp³-hybridized carbons (Fsp3) is 0.467. The molecule has 110 valence electrons. The molecule has 0 saturated heterocycles. The van der Waals surface area contributed by atoms with Gasteiger partial charge >= 0.3 is 82.3 Å². The zero-order valence-electron chi connectivity index (χ0n) is 13.2. The van der Waals surface area contributed by atoms with Gasteiger partial charge in [-0.25, -0.2) is 0 Å². The van der Waals surface area contributed by atoms with Crippen molar-refractivity contribution in [1.82, 2.24) is 9.97 Å². The maximum atomic E-state index is 9.60. The molecule has 2 rings (SSSR count). The second kappa shape index (κ2) is 6.61. The van der Waals surface area contributed by atoms with Crippen molar-refractivity contribution in [2.45, 2.75) is 41.2 Å². The van der Waals surface area contributed by atoms with Gasteiger partial charge in [-0.05, 0) is 20.8 Å². The molecule has 0 radical (unpaired) electrons. The number of carbonyl (C=O) groups excluding carboxylic acids is 1. The summed E-state index contributed by atoms with van der Waals surface area (Å²) >= 11 is -1.93. The molecule has 2 aromatic rings. The standard InChI is InChI=1S/C7H5N2.C5H10O2.3CH3.Sn/c1-2-6-3-5-9-7(6)8-4-1;1-5(2,3)7-4-6;;;;/h1-2,4-5H,(H,8,9);4H,1-3H3;3*1H3;. The number of carbonyl (C=O) groups is 1. The SMILES string of the molecule is CC(C)(C)OC=O.[CH3][Sn]([CH3])([CH3])[c]1c[nH]c2ncccc12. The van der Waals surface area contributed by atoms with Gasteiger partial charge in [0, 0.05) is 0 Å². The molecular formula is C15H24N2O2Sn. The summed E-state index contributed by atoms with van der Waals surface area (Å²) in [4.78, 5) is 24.4. The van der Waals surface area contributed by atoms with Gasteiger partial charge in [0.25, 0.3) is 6.47 Å². The number of nitrogens with zero attached hydrogens (tertiary/aromatic N) is 1. The summed E-state index contributed by atoms with van der Waals surface area (Å²) in [6.45, 7) is 5.92. The van der Waals surface area contributed by atoms with E-state index in [1.807, 2.05) is 33.0 Å². The third kappa shape index (κ3) is 5.15. The molecule has 1 N–H and O–H groups in total. The van der Waals surface area contributed by atoms with Crippen molar-refractivity contribution in [3.63, 3.8) is 0 Å². The number of aromatic amines is 1. The van der Waals surface area contributed by atoms with Crippen LogP contribution in [0.1, 0.15) is 20.8 Å². The van der Waals surface area contributed by atoms with E-state index in [1.165, 1.54) is 8.97 Å². The number of fused-ring (bicyclic) bond motifs is 1. The van der Waals surface area contributed by atoms with E-state index in [9.17, 15) is 4.79 Å². The number of hydrogen-bond donors (Lipinski definition) is 1. The Morgan fingerprint density at radius 3 is 2.40 bits per heavy atom. The molecule has 0 saturated carbocycles. The summed E-state index contributed by atoms with van der Waals surface area (Å²) in [5.74, 6) is 0. The van der Waals surface area contributed by atoms with Crippen molar-refractivity contribution >= 4 is 39.5 Å². The predicted octanol–water partition coefficient (Wildman–Crippen LogP) is 3.07. The van der Waals surface area contributed by atoms with Crippen molar-refractivity contribution in [3.8, 4) is 0 Å².